The molecule has 2 rings (SSSR count). The fraction of sp³-hybridized carbons (Fsp3) is 0.611. The zero-order valence-electron chi connectivity index (χ0n) is 13.8. The highest BCUT2D eigenvalue weighted by atomic mass is 15.4. The first-order valence-electron chi connectivity index (χ1n) is 8.19. The van der Waals surface area contributed by atoms with Gasteiger partial charge >= 0.3 is 0 Å². The Morgan fingerprint density at radius 1 is 1.14 bits per heavy atom. The topological polar surface area (TPSA) is 27.6 Å². The van der Waals surface area contributed by atoms with E-state index in [1.54, 1.807) is 0 Å². The molecule has 0 fully saturated rings. The van der Waals surface area contributed by atoms with Gasteiger partial charge in [0.25, 0.3) is 0 Å². The quantitative estimate of drug-likeness (QED) is 0.848. The molecule has 3 nitrogen and oxygen atoms in total. The number of hydrogen-bond donors (Lipinski definition) is 1. The molecule has 0 amide bonds. The second-order valence-electron chi connectivity index (χ2n) is 6.81. The molecular weight excluding hydrogens is 258 g/mol. The second kappa shape index (κ2) is 7.48. The maximum Gasteiger partial charge on any atom is 0.198 e. The summed E-state index contributed by atoms with van der Waals surface area (Å²) in [7, 11) is 0. The Hall–Kier alpha value is -1.51. The van der Waals surface area contributed by atoms with Crippen LogP contribution in [0.4, 0.5) is 5.69 Å². The van der Waals surface area contributed by atoms with Gasteiger partial charge in [-0.3, -0.25) is 4.99 Å². The van der Waals surface area contributed by atoms with E-state index in [4.69, 9.17) is 4.99 Å². The van der Waals surface area contributed by atoms with Crippen molar-refractivity contribution in [3.8, 4) is 0 Å². The monoisotopic (exact) mass is 287 g/mol. The number of guanidine groups is 1. The predicted molar refractivity (Wildman–Crippen MR) is 91.8 cm³/mol. The van der Waals surface area contributed by atoms with E-state index in [2.05, 4.69) is 62.2 Å². The fourth-order valence-electron chi connectivity index (χ4n) is 2.75. The van der Waals surface area contributed by atoms with E-state index in [1.807, 2.05) is 6.07 Å². The Labute approximate surface area is 129 Å². The molecule has 1 N–H and O–H groups in total. The van der Waals surface area contributed by atoms with Gasteiger partial charge in [0.15, 0.2) is 5.96 Å². The highest BCUT2D eigenvalue weighted by molar-refractivity contribution is 5.95. The van der Waals surface area contributed by atoms with Gasteiger partial charge in [-0.05, 0) is 36.8 Å². The zero-order chi connectivity index (χ0) is 15.2. The minimum atomic E-state index is 0.551. The van der Waals surface area contributed by atoms with Crippen LogP contribution in [0.15, 0.2) is 35.3 Å². The van der Waals surface area contributed by atoms with Crippen molar-refractivity contribution in [3.05, 3.63) is 30.3 Å². The van der Waals surface area contributed by atoms with E-state index in [0.29, 0.717) is 12.0 Å². The van der Waals surface area contributed by atoms with E-state index in [-0.39, 0.29) is 0 Å². The first-order valence-corrected chi connectivity index (χ1v) is 8.19. The summed E-state index contributed by atoms with van der Waals surface area (Å²) in [5.41, 5.74) is 1.12. The lowest BCUT2D eigenvalue weighted by atomic mass is 10.0. The number of hydrogen-bond acceptors (Lipinski definition) is 3. The van der Waals surface area contributed by atoms with Gasteiger partial charge in [-0.25, -0.2) is 0 Å². The van der Waals surface area contributed by atoms with E-state index in [1.165, 1.54) is 12.8 Å². The van der Waals surface area contributed by atoms with Crippen LogP contribution in [0.25, 0.3) is 0 Å². The molecule has 1 aliphatic heterocycles. The van der Waals surface area contributed by atoms with Crippen LogP contribution in [0.2, 0.25) is 0 Å². The highest BCUT2D eigenvalue weighted by Gasteiger charge is 2.28. The number of anilines is 1. The summed E-state index contributed by atoms with van der Waals surface area (Å²) in [4.78, 5) is 7.24. The normalized spacial score (nSPS) is 18.5. The van der Waals surface area contributed by atoms with Gasteiger partial charge in [0.05, 0.1) is 12.6 Å². The molecule has 3 heteroatoms. The van der Waals surface area contributed by atoms with Crippen molar-refractivity contribution in [3.63, 3.8) is 0 Å². The van der Waals surface area contributed by atoms with Crippen molar-refractivity contribution in [1.29, 1.82) is 0 Å². The fourth-order valence-corrected chi connectivity index (χ4v) is 2.75. The maximum atomic E-state index is 4.76. The number of benzene rings is 1. The summed E-state index contributed by atoms with van der Waals surface area (Å²) in [5, 5.41) is 3.49. The van der Waals surface area contributed by atoms with Crippen LogP contribution in [0.5, 0.6) is 0 Å². The van der Waals surface area contributed by atoms with Crippen molar-refractivity contribution in [1.82, 2.24) is 4.90 Å². The van der Waals surface area contributed by atoms with Crippen LogP contribution in [-0.4, -0.2) is 30.0 Å². The van der Waals surface area contributed by atoms with Crippen molar-refractivity contribution in [2.75, 3.05) is 18.4 Å². The first kappa shape index (κ1) is 15.9. The molecule has 116 valence electrons. The lowest BCUT2D eigenvalue weighted by Crippen LogP contribution is -2.41. The van der Waals surface area contributed by atoms with Crippen molar-refractivity contribution >= 4 is 11.6 Å². The standard InChI is InChI=1S/C18H29N3/c1-14(2)10-11-21-17(12-15(3)4)13-19-18(21)20-16-8-6-5-7-9-16/h5-9,14-15,17H,10-13H2,1-4H3,(H,19,20)/t17-/m0/s1. The summed E-state index contributed by atoms with van der Waals surface area (Å²) in [5.74, 6) is 2.48. The third-order valence-corrected chi connectivity index (χ3v) is 3.89. The molecule has 1 aromatic rings. The van der Waals surface area contributed by atoms with Gasteiger partial charge in [-0.15, -0.1) is 0 Å². The molecule has 0 unspecified atom stereocenters. The lowest BCUT2D eigenvalue weighted by Gasteiger charge is -2.30. The highest BCUT2D eigenvalue weighted by Crippen LogP contribution is 2.21. The lowest BCUT2D eigenvalue weighted by molar-refractivity contribution is 0.284. The predicted octanol–water partition coefficient (Wildman–Crippen LogP) is 4.23. The number of aliphatic imine (C=N–C) groups is 1. The molecule has 0 aromatic heterocycles. The molecule has 0 radical (unpaired) electrons. The third kappa shape index (κ3) is 4.76. The molecule has 1 aromatic carbocycles. The van der Waals surface area contributed by atoms with Gasteiger partial charge in [0.2, 0.25) is 0 Å². The van der Waals surface area contributed by atoms with Gasteiger partial charge in [0.1, 0.15) is 0 Å². The number of nitrogens with one attached hydrogen (secondary N) is 1. The molecular formula is C18H29N3. The zero-order valence-corrected chi connectivity index (χ0v) is 13.8. The van der Waals surface area contributed by atoms with E-state index in [9.17, 15) is 0 Å². The number of rotatable bonds is 6. The van der Waals surface area contributed by atoms with Crippen LogP contribution in [0.3, 0.4) is 0 Å². The molecule has 0 saturated heterocycles. The van der Waals surface area contributed by atoms with Crippen molar-refractivity contribution < 1.29 is 0 Å². The van der Waals surface area contributed by atoms with Crippen LogP contribution >= 0.6 is 0 Å². The van der Waals surface area contributed by atoms with Gasteiger partial charge < -0.3 is 10.2 Å². The van der Waals surface area contributed by atoms with Gasteiger partial charge in [0, 0.05) is 12.2 Å². The van der Waals surface area contributed by atoms with Crippen LogP contribution in [0.1, 0.15) is 40.5 Å². The molecule has 1 aliphatic rings. The van der Waals surface area contributed by atoms with Gasteiger partial charge in [-0.1, -0.05) is 45.9 Å². The summed E-state index contributed by atoms with van der Waals surface area (Å²) in [6.45, 7) is 11.2. The molecule has 0 aliphatic carbocycles. The summed E-state index contributed by atoms with van der Waals surface area (Å²) in [6.07, 6.45) is 2.42. The second-order valence-corrected chi connectivity index (χ2v) is 6.81. The molecule has 1 atom stereocenters. The Morgan fingerprint density at radius 2 is 1.86 bits per heavy atom. The van der Waals surface area contributed by atoms with Gasteiger partial charge in [-0.2, -0.15) is 0 Å². The van der Waals surface area contributed by atoms with E-state index >= 15 is 0 Å². The Balaban J connectivity index is 2.03. The number of nitrogens with zero attached hydrogens (tertiary/aromatic N) is 2. The SMILES string of the molecule is CC(C)CCN1C(Nc2ccccc2)=NC[C@@H]1CC(C)C. The largest absolute Gasteiger partial charge is 0.338 e. The molecule has 0 bridgehead atoms. The van der Waals surface area contributed by atoms with Crippen molar-refractivity contribution in [2.24, 2.45) is 16.8 Å². The summed E-state index contributed by atoms with van der Waals surface area (Å²) < 4.78 is 0. The average molecular weight is 287 g/mol. The third-order valence-electron chi connectivity index (χ3n) is 3.89. The smallest absolute Gasteiger partial charge is 0.198 e. The van der Waals surface area contributed by atoms with Crippen LogP contribution in [0, 0.1) is 11.8 Å². The molecule has 1 heterocycles. The Bertz CT molecular complexity index is 451. The maximum absolute atomic E-state index is 4.76. The van der Waals surface area contributed by atoms with Crippen molar-refractivity contribution in [2.45, 2.75) is 46.6 Å². The summed E-state index contributed by atoms with van der Waals surface area (Å²) in [6, 6.07) is 10.9. The number of para-hydroxylation sites is 1. The molecule has 0 saturated carbocycles. The van der Waals surface area contributed by atoms with Crippen LogP contribution in [-0.2, 0) is 0 Å². The first-order chi connectivity index (χ1) is 10.1. The minimum absolute atomic E-state index is 0.551. The van der Waals surface area contributed by atoms with Crippen LogP contribution < -0.4 is 5.32 Å². The Morgan fingerprint density at radius 3 is 2.48 bits per heavy atom. The molecule has 21 heavy (non-hydrogen) atoms. The Kier molecular flexibility index (Phi) is 5.66. The van der Waals surface area contributed by atoms with E-state index in [0.717, 1.165) is 30.7 Å². The minimum Gasteiger partial charge on any atom is -0.338 e. The molecule has 0 spiro atoms. The average Bonchev–Trinajstić information content (AvgIpc) is 2.79. The summed E-state index contributed by atoms with van der Waals surface area (Å²) >= 11 is 0. The van der Waals surface area contributed by atoms with E-state index < -0.39 is 0 Å².